The zero-order valence-electron chi connectivity index (χ0n) is 16.0. The van der Waals surface area contributed by atoms with Crippen molar-refractivity contribution >= 4 is 45.7 Å². The van der Waals surface area contributed by atoms with Crippen molar-refractivity contribution < 1.29 is 41.1 Å². The molecule has 8 nitrogen and oxygen atoms in total. The maximum Gasteiger partial charge on any atom is 0.495 e. The van der Waals surface area contributed by atoms with E-state index in [1.807, 2.05) is 0 Å². The third-order valence-electron chi connectivity index (χ3n) is 4.13. The molecule has 0 spiro atoms. The number of carbonyl (C=O) groups excluding carboxylic acids is 2. The summed E-state index contributed by atoms with van der Waals surface area (Å²) in [6.45, 7) is 0. The Balaban J connectivity index is 1.66. The number of halogens is 5. The third-order valence-corrected chi connectivity index (χ3v) is 4.72. The van der Waals surface area contributed by atoms with Crippen molar-refractivity contribution in [2.24, 2.45) is 0 Å². The highest BCUT2D eigenvalue weighted by molar-refractivity contribution is 7.07. The third kappa shape index (κ3) is 4.90. The fourth-order valence-electron chi connectivity index (χ4n) is 2.83. The standard InChI is InChI=1S/C19H10F5N5O3S/c20-9-3-10(21)5-12(4-9)27-18(31)26-11-1-2-13-15(6-11)29(32-17(30)19(22,23)24)16(28-13)14-7-33-8-25-14/h1-8H,(H2,26,27,31)/p+1. The summed E-state index contributed by atoms with van der Waals surface area (Å²) in [5, 5.41) is 6.13. The van der Waals surface area contributed by atoms with Gasteiger partial charge in [0.05, 0.1) is 5.51 Å². The van der Waals surface area contributed by atoms with Crippen LogP contribution >= 0.6 is 11.3 Å². The minimum absolute atomic E-state index is 0.0230. The lowest BCUT2D eigenvalue weighted by molar-refractivity contribution is -0.841. The molecule has 2 heterocycles. The number of anilines is 2. The molecular formula is C19H11F5N5O3S+. The lowest BCUT2D eigenvalue weighted by atomic mass is 10.2. The number of amides is 2. The Bertz CT molecular complexity index is 1330. The van der Waals surface area contributed by atoms with Crippen LogP contribution in [0.4, 0.5) is 38.1 Å². The van der Waals surface area contributed by atoms with Crippen LogP contribution < -0.4 is 20.2 Å². The van der Waals surface area contributed by atoms with Gasteiger partial charge in [0.25, 0.3) is 0 Å². The van der Waals surface area contributed by atoms with Crippen LogP contribution in [0.1, 0.15) is 0 Å². The Morgan fingerprint density at radius 1 is 1.03 bits per heavy atom. The number of rotatable bonds is 4. The number of carbonyl (C=O) groups is 2. The van der Waals surface area contributed by atoms with Crippen molar-refractivity contribution in [2.75, 3.05) is 10.6 Å². The number of imidazole rings is 1. The molecule has 3 N–H and O–H groups in total. The summed E-state index contributed by atoms with van der Waals surface area (Å²) in [7, 11) is 0. The van der Waals surface area contributed by atoms with Gasteiger partial charge in [-0.3, -0.25) is 0 Å². The van der Waals surface area contributed by atoms with Gasteiger partial charge in [0, 0.05) is 28.9 Å². The van der Waals surface area contributed by atoms with E-state index in [0.717, 1.165) is 12.1 Å². The van der Waals surface area contributed by atoms with Crippen molar-refractivity contribution in [3.8, 4) is 11.5 Å². The maximum absolute atomic E-state index is 13.3. The number of fused-ring (bicyclic) bond motifs is 1. The quantitative estimate of drug-likeness (QED) is 0.301. The van der Waals surface area contributed by atoms with Crippen molar-refractivity contribution in [3.05, 3.63) is 58.9 Å². The molecule has 2 amide bonds. The van der Waals surface area contributed by atoms with E-state index in [1.54, 1.807) is 0 Å². The highest BCUT2D eigenvalue weighted by Crippen LogP contribution is 2.23. The van der Waals surface area contributed by atoms with Crippen LogP contribution in [0.5, 0.6) is 0 Å². The van der Waals surface area contributed by atoms with E-state index in [2.05, 4.69) is 25.4 Å². The van der Waals surface area contributed by atoms with Crippen molar-refractivity contribution in [2.45, 2.75) is 6.18 Å². The Hall–Kier alpha value is -4.07. The predicted molar refractivity (Wildman–Crippen MR) is 106 cm³/mol. The van der Waals surface area contributed by atoms with Gasteiger partial charge in [-0.15, -0.1) is 11.3 Å². The second-order valence-corrected chi connectivity index (χ2v) is 7.21. The van der Waals surface area contributed by atoms with Gasteiger partial charge in [0.1, 0.15) is 11.6 Å². The smallest absolute Gasteiger partial charge is 0.308 e. The van der Waals surface area contributed by atoms with E-state index in [9.17, 15) is 31.5 Å². The molecule has 0 saturated heterocycles. The van der Waals surface area contributed by atoms with Gasteiger partial charge >= 0.3 is 24.0 Å². The molecule has 2 aromatic heterocycles. The summed E-state index contributed by atoms with van der Waals surface area (Å²) in [5.74, 6) is -4.31. The molecule has 0 bridgehead atoms. The van der Waals surface area contributed by atoms with Crippen LogP contribution in [0.2, 0.25) is 0 Å². The van der Waals surface area contributed by atoms with Crippen LogP contribution in [-0.4, -0.2) is 28.1 Å². The van der Waals surface area contributed by atoms with Crippen molar-refractivity contribution in [3.63, 3.8) is 0 Å². The molecule has 33 heavy (non-hydrogen) atoms. The van der Waals surface area contributed by atoms with E-state index in [1.165, 1.54) is 40.4 Å². The Kier molecular flexibility index (Phi) is 5.68. The first kappa shape index (κ1) is 22.1. The van der Waals surface area contributed by atoms with Crippen LogP contribution in [0.25, 0.3) is 22.6 Å². The van der Waals surface area contributed by atoms with Crippen molar-refractivity contribution in [1.29, 1.82) is 0 Å². The first-order valence-electron chi connectivity index (χ1n) is 8.90. The molecular weight excluding hydrogens is 473 g/mol. The number of H-pyrrole nitrogens is 1. The summed E-state index contributed by atoms with van der Waals surface area (Å²) in [5.41, 5.74) is 1.82. The highest BCUT2D eigenvalue weighted by atomic mass is 32.1. The molecule has 0 unspecified atom stereocenters. The highest BCUT2D eigenvalue weighted by Gasteiger charge is 2.44. The Labute approximate surface area is 184 Å². The number of alkyl halides is 3. The summed E-state index contributed by atoms with van der Waals surface area (Å²) in [6, 6.07) is 5.59. The van der Waals surface area contributed by atoms with E-state index >= 15 is 0 Å². The predicted octanol–water partition coefficient (Wildman–Crippen LogP) is 4.02. The molecule has 2 aromatic carbocycles. The summed E-state index contributed by atoms with van der Waals surface area (Å²) in [4.78, 5) is 35.0. The second-order valence-electron chi connectivity index (χ2n) is 6.49. The number of hydrogen-bond donors (Lipinski definition) is 3. The van der Waals surface area contributed by atoms with Gasteiger partial charge in [-0.2, -0.15) is 13.2 Å². The normalized spacial score (nSPS) is 11.4. The fraction of sp³-hybridized carbons (Fsp3) is 0.0526. The molecule has 14 heteroatoms. The Morgan fingerprint density at radius 2 is 1.73 bits per heavy atom. The summed E-state index contributed by atoms with van der Waals surface area (Å²) in [6.07, 6.45) is -5.26. The SMILES string of the molecule is O=C(Nc1cc(F)cc(F)c1)Nc1ccc2[nH]c(-c3cscn3)[n+](OC(=O)C(F)(F)F)c2c1. The fourth-order valence-corrected chi connectivity index (χ4v) is 3.37. The average molecular weight is 484 g/mol. The van der Waals surface area contributed by atoms with Gasteiger partial charge < -0.3 is 10.6 Å². The van der Waals surface area contributed by atoms with E-state index in [-0.39, 0.29) is 33.9 Å². The zero-order valence-corrected chi connectivity index (χ0v) is 16.9. The monoisotopic (exact) mass is 484 g/mol. The number of aromatic nitrogens is 3. The van der Waals surface area contributed by atoms with Crippen LogP contribution in [0, 0.1) is 11.6 Å². The molecule has 0 aliphatic rings. The molecule has 4 aromatic rings. The summed E-state index contributed by atoms with van der Waals surface area (Å²) >= 11 is 1.17. The maximum atomic E-state index is 13.3. The number of benzene rings is 2. The van der Waals surface area contributed by atoms with E-state index < -0.39 is 29.8 Å². The number of aromatic amines is 1. The molecule has 0 aliphatic carbocycles. The minimum Gasteiger partial charge on any atom is -0.308 e. The lowest BCUT2D eigenvalue weighted by Gasteiger charge is -2.08. The van der Waals surface area contributed by atoms with E-state index in [0.29, 0.717) is 10.8 Å². The minimum atomic E-state index is -5.26. The molecule has 170 valence electrons. The van der Waals surface area contributed by atoms with Gasteiger partial charge in [-0.25, -0.2) is 33.2 Å². The molecule has 0 radical (unpaired) electrons. The summed E-state index contributed by atoms with van der Waals surface area (Å²) < 4.78 is 65.6. The van der Waals surface area contributed by atoms with Gasteiger partial charge in [-0.05, 0) is 29.0 Å². The number of thiazole rings is 1. The first-order valence-corrected chi connectivity index (χ1v) is 9.84. The van der Waals surface area contributed by atoms with E-state index in [4.69, 9.17) is 0 Å². The van der Waals surface area contributed by atoms with Crippen LogP contribution in [-0.2, 0) is 4.79 Å². The van der Waals surface area contributed by atoms with Crippen LogP contribution in [0.15, 0.2) is 47.3 Å². The number of urea groups is 1. The molecule has 0 aliphatic heterocycles. The molecule has 4 rings (SSSR count). The van der Waals surface area contributed by atoms with Crippen molar-refractivity contribution in [1.82, 2.24) is 9.97 Å². The average Bonchev–Trinajstić information content (AvgIpc) is 3.34. The number of hydrogen-bond acceptors (Lipinski definition) is 5. The van der Waals surface area contributed by atoms with Gasteiger partial charge in [-0.1, -0.05) is 0 Å². The molecule has 0 fully saturated rings. The number of nitrogens with zero attached hydrogens (tertiary/aromatic N) is 2. The lowest BCUT2D eigenvalue weighted by Crippen LogP contribution is -2.51. The topological polar surface area (TPSA) is 100.0 Å². The van der Waals surface area contributed by atoms with Crippen LogP contribution in [0.3, 0.4) is 0 Å². The molecule has 0 saturated carbocycles. The first-order chi connectivity index (χ1) is 15.6. The molecule has 0 atom stereocenters. The van der Waals surface area contributed by atoms with Gasteiger partial charge in [0.15, 0.2) is 11.2 Å². The Morgan fingerprint density at radius 3 is 2.36 bits per heavy atom. The van der Waals surface area contributed by atoms with Gasteiger partial charge in [0.2, 0.25) is 5.52 Å². The second kappa shape index (κ2) is 8.46. The zero-order chi connectivity index (χ0) is 23.8. The largest absolute Gasteiger partial charge is 0.495 e. The number of nitrogens with one attached hydrogen (secondary N) is 3.